The Hall–Kier alpha value is -1.75. The predicted molar refractivity (Wildman–Crippen MR) is 87.7 cm³/mol. The second-order valence-corrected chi connectivity index (χ2v) is 5.05. The molecule has 0 heterocycles. The van der Waals surface area contributed by atoms with Crippen LogP contribution in [0.1, 0.15) is 33.1 Å². The average molecular weight is 293 g/mol. The summed E-state index contributed by atoms with van der Waals surface area (Å²) in [6.45, 7) is 7.38. The molecule has 1 aromatic carbocycles. The molecular weight excluding hydrogens is 266 g/mol. The number of hydrogen-bond donors (Lipinski definition) is 2. The summed E-state index contributed by atoms with van der Waals surface area (Å²) in [6, 6.07) is 5.22. The zero-order valence-electron chi connectivity index (χ0n) is 13.3. The Morgan fingerprint density at radius 3 is 2.71 bits per heavy atom. The summed E-state index contributed by atoms with van der Waals surface area (Å²) in [4.78, 5) is 14.3. The highest BCUT2D eigenvalue weighted by molar-refractivity contribution is 5.92. The number of carbonyl (C=O) groups is 1. The summed E-state index contributed by atoms with van der Waals surface area (Å²) < 4.78 is 5.21. The standard InChI is InChI=1S/C16H27N3O2/c1-4-10-19(5-2)11-6-7-16(20)18-14-12-13(17)8-9-15(14)21-3/h8-9,12H,4-7,10-11,17H2,1-3H3,(H,18,20). The minimum absolute atomic E-state index is 0.00792. The maximum atomic E-state index is 12.0. The molecule has 3 N–H and O–H groups in total. The second kappa shape index (κ2) is 9.23. The Kier molecular flexibility index (Phi) is 7.61. The number of carbonyl (C=O) groups excluding carboxylic acids is 1. The van der Waals surface area contributed by atoms with E-state index in [0.717, 1.165) is 32.5 Å². The van der Waals surface area contributed by atoms with Crippen LogP contribution in [-0.2, 0) is 4.79 Å². The molecule has 1 rings (SSSR count). The quantitative estimate of drug-likeness (QED) is 0.687. The fourth-order valence-corrected chi connectivity index (χ4v) is 2.24. The van der Waals surface area contributed by atoms with Gasteiger partial charge in [0.25, 0.3) is 0 Å². The van der Waals surface area contributed by atoms with Crippen LogP contribution in [0, 0.1) is 0 Å². The van der Waals surface area contributed by atoms with E-state index in [1.807, 2.05) is 0 Å². The number of nitrogens with one attached hydrogen (secondary N) is 1. The number of methoxy groups -OCH3 is 1. The van der Waals surface area contributed by atoms with E-state index >= 15 is 0 Å². The summed E-state index contributed by atoms with van der Waals surface area (Å²) in [6.07, 6.45) is 2.49. The van der Waals surface area contributed by atoms with E-state index < -0.39 is 0 Å². The largest absolute Gasteiger partial charge is 0.495 e. The number of hydrogen-bond acceptors (Lipinski definition) is 4. The molecule has 0 unspecified atom stereocenters. The highest BCUT2D eigenvalue weighted by Crippen LogP contribution is 2.26. The molecule has 5 heteroatoms. The Morgan fingerprint density at radius 1 is 1.33 bits per heavy atom. The number of amides is 1. The van der Waals surface area contributed by atoms with Gasteiger partial charge in [-0.1, -0.05) is 13.8 Å². The first-order valence-electron chi connectivity index (χ1n) is 7.56. The molecular formula is C16H27N3O2. The fraction of sp³-hybridized carbons (Fsp3) is 0.562. The van der Waals surface area contributed by atoms with E-state index in [-0.39, 0.29) is 5.91 Å². The van der Waals surface area contributed by atoms with Crippen LogP contribution < -0.4 is 15.8 Å². The van der Waals surface area contributed by atoms with E-state index in [0.29, 0.717) is 23.5 Å². The molecule has 0 aliphatic rings. The topological polar surface area (TPSA) is 67.6 Å². The number of benzene rings is 1. The smallest absolute Gasteiger partial charge is 0.224 e. The van der Waals surface area contributed by atoms with Crippen molar-refractivity contribution in [2.24, 2.45) is 0 Å². The maximum absolute atomic E-state index is 12.0. The van der Waals surface area contributed by atoms with Crippen LogP contribution in [0.2, 0.25) is 0 Å². The van der Waals surface area contributed by atoms with E-state index in [1.54, 1.807) is 25.3 Å². The summed E-state index contributed by atoms with van der Waals surface area (Å²) in [5.41, 5.74) is 6.97. The number of nitrogens with zero attached hydrogens (tertiary/aromatic N) is 1. The lowest BCUT2D eigenvalue weighted by molar-refractivity contribution is -0.116. The van der Waals surface area contributed by atoms with E-state index in [9.17, 15) is 4.79 Å². The molecule has 0 aliphatic carbocycles. The third-order valence-electron chi connectivity index (χ3n) is 3.36. The third-order valence-corrected chi connectivity index (χ3v) is 3.36. The average Bonchev–Trinajstić information content (AvgIpc) is 2.46. The second-order valence-electron chi connectivity index (χ2n) is 5.05. The van der Waals surface area contributed by atoms with Crippen molar-refractivity contribution < 1.29 is 9.53 Å². The van der Waals surface area contributed by atoms with Gasteiger partial charge in [0.2, 0.25) is 5.91 Å². The van der Waals surface area contributed by atoms with Crippen molar-refractivity contribution in [2.75, 3.05) is 37.8 Å². The SMILES string of the molecule is CCCN(CC)CCCC(=O)Nc1cc(N)ccc1OC. The van der Waals surface area contributed by atoms with Gasteiger partial charge in [-0.25, -0.2) is 0 Å². The van der Waals surface area contributed by atoms with Crippen LogP contribution in [-0.4, -0.2) is 37.6 Å². The minimum atomic E-state index is -0.00792. The Labute approximate surface area is 127 Å². The zero-order chi connectivity index (χ0) is 15.7. The van der Waals surface area contributed by atoms with Crippen molar-refractivity contribution in [3.63, 3.8) is 0 Å². The molecule has 0 aliphatic heterocycles. The Balaban J connectivity index is 2.45. The van der Waals surface area contributed by atoms with Gasteiger partial charge in [-0.3, -0.25) is 4.79 Å². The molecule has 0 fully saturated rings. The number of nitrogen functional groups attached to an aromatic ring is 1. The predicted octanol–water partition coefficient (Wildman–Crippen LogP) is 2.73. The molecule has 5 nitrogen and oxygen atoms in total. The van der Waals surface area contributed by atoms with Gasteiger partial charge in [0.15, 0.2) is 0 Å². The monoisotopic (exact) mass is 293 g/mol. The van der Waals surface area contributed by atoms with Gasteiger partial charge in [-0.2, -0.15) is 0 Å². The van der Waals surface area contributed by atoms with Gasteiger partial charge in [0.1, 0.15) is 5.75 Å². The lowest BCUT2D eigenvalue weighted by Gasteiger charge is -2.19. The number of nitrogens with two attached hydrogens (primary N) is 1. The number of rotatable bonds is 9. The van der Waals surface area contributed by atoms with Gasteiger partial charge in [0.05, 0.1) is 12.8 Å². The summed E-state index contributed by atoms with van der Waals surface area (Å²) in [5.74, 6) is 0.616. The fourth-order valence-electron chi connectivity index (χ4n) is 2.24. The van der Waals surface area contributed by atoms with Gasteiger partial charge >= 0.3 is 0 Å². The van der Waals surface area contributed by atoms with Gasteiger partial charge in [-0.05, 0) is 50.7 Å². The summed E-state index contributed by atoms with van der Waals surface area (Å²) in [7, 11) is 1.57. The first-order chi connectivity index (χ1) is 10.1. The Morgan fingerprint density at radius 2 is 2.10 bits per heavy atom. The Bertz CT molecular complexity index is 449. The highest BCUT2D eigenvalue weighted by Gasteiger charge is 2.09. The molecule has 0 spiro atoms. The number of ether oxygens (including phenoxy) is 1. The zero-order valence-corrected chi connectivity index (χ0v) is 13.3. The van der Waals surface area contributed by atoms with E-state index in [1.165, 1.54) is 0 Å². The first-order valence-corrected chi connectivity index (χ1v) is 7.56. The van der Waals surface area contributed by atoms with Crippen LogP contribution in [0.5, 0.6) is 5.75 Å². The van der Waals surface area contributed by atoms with Crippen LogP contribution >= 0.6 is 0 Å². The molecule has 1 amide bonds. The van der Waals surface area contributed by atoms with Crippen molar-refractivity contribution >= 4 is 17.3 Å². The summed E-state index contributed by atoms with van der Waals surface area (Å²) >= 11 is 0. The normalized spacial score (nSPS) is 10.7. The molecule has 0 saturated carbocycles. The lowest BCUT2D eigenvalue weighted by Crippen LogP contribution is -2.26. The van der Waals surface area contributed by atoms with Crippen molar-refractivity contribution in [3.8, 4) is 5.75 Å². The molecule has 118 valence electrons. The lowest BCUT2D eigenvalue weighted by atomic mass is 10.2. The van der Waals surface area contributed by atoms with Crippen molar-refractivity contribution in [1.29, 1.82) is 0 Å². The van der Waals surface area contributed by atoms with Crippen LogP contribution in [0.25, 0.3) is 0 Å². The van der Waals surface area contributed by atoms with Crippen molar-refractivity contribution in [3.05, 3.63) is 18.2 Å². The number of anilines is 2. The molecule has 0 radical (unpaired) electrons. The van der Waals surface area contributed by atoms with Crippen molar-refractivity contribution in [2.45, 2.75) is 33.1 Å². The van der Waals surface area contributed by atoms with Crippen molar-refractivity contribution in [1.82, 2.24) is 4.90 Å². The summed E-state index contributed by atoms with van der Waals surface area (Å²) in [5, 5.41) is 2.86. The molecule has 0 saturated heterocycles. The molecule has 1 aromatic rings. The van der Waals surface area contributed by atoms with E-state index in [2.05, 4.69) is 24.1 Å². The van der Waals surface area contributed by atoms with Gasteiger partial charge in [-0.15, -0.1) is 0 Å². The molecule has 0 bridgehead atoms. The first kappa shape index (κ1) is 17.3. The molecule has 0 aromatic heterocycles. The maximum Gasteiger partial charge on any atom is 0.224 e. The third kappa shape index (κ3) is 6.04. The van der Waals surface area contributed by atoms with Crippen LogP contribution in [0.15, 0.2) is 18.2 Å². The van der Waals surface area contributed by atoms with Crippen LogP contribution in [0.3, 0.4) is 0 Å². The molecule has 0 atom stereocenters. The van der Waals surface area contributed by atoms with E-state index in [4.69, 9.17) is 10.5 Å². The molecule has 21 heavy (non-hydrogen) atoms. The van der Waals surface area contributed by atoms with Crippen LogP contribution in [0.4, 0.5) is 11.4 Å². The highest BCUT2D eigenvalue weighted by atomic mass is 16.5. The van der Waals surface area contributed by atoms with Gasteiger partial charge < -0.3 is 20.7 Å². The minimum Gasteiger partial charge on any atom is -0.495 e. The van der Waals surface area contributed by atoms with Gasteiger partial charge in [0, 0.05) is 12.1 Å².